The lowest BCUT2D eigenvalue weighted by molar-refractivity contribution is -0.121. The number of amides is 1. The van der Waals surface area contributed by atoms with E-state index in [-0.39, 0.29) is 0 Å². The highest BCUT2D eigenvalue weighted by atomic mass is 32.2. The number of anilines is 1. The fourth-order valence-corrected chi connectivity index (χ4v) is 3.93. The van der Waals surface area contributed by atoms with Gasteiger partial charge in [-0.15, -0.1) is 0 Å². The maximum absolute atomic E-state index is 12.5. The largest absolute Gasteiger partial charge is 0.497 e. The van der Waals surface area contributed by atoms with Crippen molar-refractivity contribution in [2.45, 2.75) is 25.8 Å². The number of carbonyl (C=O) groups excluding carboxylic acids is 1. The van der Waals surface area contributed by atoms with E-state index in [4.69, 9.17) is 4.74 Å². The number of piperidine rings is 1. The average molecular weight is 382 g/mol. The Labute approximate surface area is 154 Å². The second kappa shape index (κ2) is 8.50. The van der Waals surface area contributed by atoms with Crippen molar-refractivity contribution in [3.05, 3.63) is 24.3 Å². The number of nitrogens with one attached hydrogen (secondary N) is 1. The Kier molecular flexibility index (Phi) is 6.60. The molecule has 1 fully saturated rings. The molecular formula is C17H26N4O4S. The number of hydrogen-bond acceptors (Lipinski definition) is 6. The van der Waals surface area contributed by atoms with Gasteiger partial charge in [-0.2, -0.15) is 5.10 Å². The minimum Gasteiger partial charge on any atom is -0.497 e. The van der Waals surface area contributed by atoms with Crippen LogP contribution >= 0.6 is 0 Å². The average Bonchev–Trinajstić information content (AvgIpc) is 2.60. The minimum atomic E-state index is -3.66. The predicted octanol–water partition coefficient (Wildman–Crippen LogP) is 1.05. The van der Waals surface area contributed by atoms with Gasteiger partial charge >= 0.3 is 0 Å². The maximum Gasteiger partial charge on any atom is 0.263 e. The molecule has 1 N–H and O–H groups in total. The zero-order valence-corrected chi connectivity index (χ0v) is 16.4. The Bertz CT molecular complexity index is 751. The van der Waals surface area contributed by atoms with E-state index >= 15 is 0 Å². The summed E-state index contributed by atoms with van der Waals surface area (Å²) in [6, 6.07) is 5.57. The molecule has 1 aromatic rings. The quantitative estimate of drug-likeness (QED) is 0.743. The van der Waals surface area contributed by atoms with Gasteiger partial charge in [0, 0.05) is 31.6 Å². The normalized spacial score (nSPS) is 16.7. The smallest absolute Gasteiger partial charge is 0.263 e. The Balaban J connectivity index is 2.14. The molecule has 26 heavy (non-hydrogen) atoms. The summed E-state index contributed by atoms with van der Waals surface area (Å²) in [4.78, 5) is 14.7. The number of methoxy groups -OCH3 is 1. The number of sulfonamides is 1. The fraction of sp³-hybridized carbons (Fsp3) is 0.529. The molecule has 0 radical (unpaired) electrons. The summed E-state index contributed by atoms with van der Waals surface area (Å²) in [7, 11) is -0.0884. The molecule has 1 aliphatic heterocycles. The summed E-state index contributed by atoms with van der Waals surface area (Å²) < 4.78 is 30.7. The van der Waals surface area contributed by atoms with E-state index in [0.717, 1.165) is 42.2 Å². The van der Waals surface area contributed by atoms with Crippen molar-refractivity contribution < 1.29 is 17.9 Å². The van der Waals surface area contributed by atoms with E-state index in [1.54, 1.807) is 24.3 Å². The number of rotatable bonds is 6. The summed E-state index contributed by atoms with van der Waals surface area (Å²) >= 11 is 0. The molecule has 0 spiro atoms. The van der Waals surface area contributed by atoms with Crippen molar-refractivity contribution in [1.82, 2.24) is 10.3 Å². The SMILES string of the molecule is COc1ccc(N([C@H](C)C(=O)NN=C2CCN(C)CC2)S(C)(=O)=O)cc1. The third kappa shape index (κ3) is 5.18. The number of nitrogens with zero attached hydrogens (tertiary/aromatic N) is 3. The number of hydrogen-bond donors (Lipinski definition) is 1. The van der Waals surface area contributed by atoms with Crippen molar-refractivity contribution >= 4 is 27.3 Å². The Morgan fingerprint density at radius 2 is 1.85 bits per heavy atom. The molecule has 1 amide bonds. The van der Waals surface area contributed by atoms with E-state index in [1.165, 1.54) is 14.0 Å². The van der Waals surface area contributed by atoms with Crippen LogP contribution in [0.2, 0.25) is 0 Å². The van der Waals surface area contributed by atoms with Crippen LogP contribution in [0.25, 0.3) is 0 Å². The van der Waals surface area contributed by atoms with Gasteiger partial charge in [0.05, 0.1) is 19.1 Å². The standard InChI is InChI=1S/C17H26N4O4S/c1-13(17(22)19-18-14-9-11-20(2)12-10-14)21(26(4,23)24)15-5-7-16(25-3)8-6-15/h5-8,13H,9-12H2,1-4H3,(H,19,22)/t13-/m1/s1. The van der Waals surface area contributed by atoms with Crippen LogP contribution in [0, 0.1) is 0 Å². The summed E-state index contributed by atoms with van der Waals surface area (Å²) in [5, 5.41) is 4.17. The molecule has 0 bridgehead atoms. The molecule has 1 aromatic carbocycles. The van der Waals surface area contributed by atoms with Gasteiger partial charge in [-0.1, -0.05) is 0 Å². The van der Waals surface area contributed by atoms with Crippen LogP contribution in [-0.2, 0) is 14.8 Å². The summed E-state index contributed by atoms with van der Waals surface area (Å²) in [6.07, 6.45) is 2.66. The zero-order valence-electron chi connectivity index (χ0n) is 15.6. The first-order valence-corrected chi connectivity index (χ1v) is 10.2. The lowest BCUT2D eigenvalue weighted by Gasteiger charge is -2.28. The van der Waals surface area contributed by atoms with Gasteiger partial charge < -0.3 is 9.64 Å². The molecule has 0 aromatic heterocycles. The van der Waals surface area contributed by atoms with E-state index in [9.17, 15) is 13.2 Å². The Morgan fingerprint density at radius 1 is 1.27 bits per heavy atom. The molecule has 0 aliphatic carbocycles. The molecule has 1 aliphatic rings. The van der Waals surface area contributed by atoms with Crippen molar-refractivity contribution in [3.63, 3.8) is 0 Å². The molecule has 144 valence electrons. The molecule has 0 unspecified atom stereocenters. The van der Waals surface area contributed by atoms with Crippen LogP contribution in [0.5, 0.6) is 5.75 Å². The lowest BCUT2D eigenvalue weighted by atomic mass is 10.1. The van der Waals surface area contributed by atoms with Gasteiger partial charge in [0.25, 0.3) is 5.91 Å². The predicted molar refractivity (Wildman–Crippen MR) is 102 cm³/mol. The van der Waals surface area contributed by atoms with E-state index in [2.05, 4.69) is 15.4 Å². The molecular weight excluding hydrogens is 356 g/mol. The highest BCUT2D eigenvalue weighted by molar-refractivity contribution is 7.92. The third-order valence-electron chi connectivity index (χ3n) is 4.30. The summed E-state index contributed by atoms with van der Waals surface area (Å²) in [5.41, 5.74) is 3.82. The molecule has 1 atom stereocenters. The monoisotopic (exact) mass is 382 g/mol. The fourth-order valence-electron chi connectivity index (χ4n) is 2.75. The zero-order chi connectivity index (χ0) is 19.3. The molecule has 1 heterocycles. The maximum atomic E-state index is 12.5. The first kappa shape index (κ1) is 20.2. The van der Waals surface area contributed by atoms with Crippen molar-refractivity contribution in [2.75, 3.05) is 37.8 Å². The number of benzene rings is 1. The highest BCUT2D eigenvalue weighted by Gasteiger charge is 2.29. The molecule has 8 nitrogen and oxygen atoms in total. The van der Waals surface area contributed by atoms with Crippen LogP contribution in [-0.4, -0.2) is 64.5 Å². The topological polar surface area (TPSA) is 91.3 Å². The van der Waals surface area contributed by atoms with Gasteiger partial charge in [0.2, 0.25) is 10.0 Å². The molecule has 0 saturated carbocycles. The van der Waals surface area contributed by atoms with E-state index in [0.29, 0.717) is 11.4 Å². The van der Waals surface area contributed by atoms with Gasteiger partial charge in [0.15, 0.2) is 0 Å². The Hall–Kier alpha value is -2.13. The van der Waals surface area contributed by atoms with Gasteiger partial charge in [0.1, 0.15) is 11.8 Å². The van der Waals surface area contributed by atoms with Gasteiger partial charge in [-0.05, 0) is 38.2 Å². The second-order valence-corrected chi connectivity index (χ2v) is 8.25. The summed E-state index contributed by atoms with van der Waals surface area (Å²) in [5.74, 6) is 0.130. The van der Waals surface area contributed by atoms with Gasteiger partial charge in [-0.25, -0.2) is 13.8 Å². The van der Waals surface area contributed by atoms with Crippen LogP contribution < -0.4 is 14.5 Å². The van der Waals surface area contributed by atoms with E-state index < -0.39 is 22.0 Å². The molecule has 9 heteroatoms. The molecule has 2 rings (SSSR count). The number of ether oxygens (including phenoxy) is 1. The third-order valence-corrected chi connectivity index (χ3v) is 5.55. The van der Waals surface area contributed by atoms with Crippen molar-refractivity contribution in [1.29, 1.82) is 0 Å². The van der Waals surface area contributed by atoms with Crippen molar-refractivity contribution in [2.24, 2.45) is 5.10 Å². The van der Waals surface area contributed by atoms with Crippen molar-refractivity contribution in [3.8, 4) is 5.75 Å². The van der Waals surface area contributed by atoms with Crippen LogP contribution in [0.1, 0.15) is 19.8 Å². The van der Waals surface area contributed by atoms with E-state index in [1.807, 2.05) is 7.05 Å². The lowest BCUT2D eigenvalue weighted by Crippen LogP contribution is -2.47. The second-order valence-electron chi connectivity index (χ2n) is 6.39. The summed E-state index contributed by atoms with van der Waals surface area (Å²) in [6.45, 7) is 3.33. The first-order valence-electron chi connectivity index (χ1n) is 8.39. The van der Waals surface area contributed by atoms with Crippen LogP contribution in [0.15, 0.2) is 29.4 Å². The number of likely N-dealkylation sites (tertiary alicyclic amines) is 1. The Morgan fingerprint density at radius 3 is 2.35 bits per heavy atom. The highest BCUT2D eigenvalue weighted by Crippen LogP contribution is 2.23. The van der Waals surface area contributed by atoms with Crippen LogP contribution in [0.4, 0.5) is 5.69 Å². The number of hydrazone groups is 1. The van der Waals surface area contributed by atoms with Gasteiger partial charge in [-0.3, -0.25) is 9.10 Å². The minimum absolute atomic E-state index is 0.392. The van der Waals surface area contributed by atoms with Crippen LogP contribution in [0.3, 0.4) is 0 Å². The number of carbonyl (C=O) groups is 1. The molecule has 1 saturated heterocycles. The first-order chi connectivity index (χ1) is 12.2.